The van der Waals surface area contributed by atoms with Gasteiger partial charge in [0.2, 0.25) is 0 Å². The molecule has 1 fully saturated rings. The molecule has 1 heteroatoms. The summed E-state index contributed by atoms with van der Waals surface area (Å²) in [7, 11) is 0. The van der Waals surface area contributed by atoms with E-state index in [0.29, 0.717) is 5.41 Å². The Morgan fingerprint density at radius 3 is 2.50 bits per heavy atom. The van der Waals surface area contributed by atoms with E-state index in [1.807, 2.05) is 0 Å². The van der Waals surface area contributed by atoms with E-state index in [-0.39, 0.29) is 0 Å². The Morgan fingerprint density at radius 2 is 2.08 bits per heavy atom. The number of hydrogen-bond acceptors (Lipinski definition) is 1. The lowest BCUT2D eigenvalue weighted by molar-refractivity contribution is 0.214. The Hall–Kier alpha value is -0.0400. The molecular weight excluding hydrogens is 146 g/mol. The van der Waals surface area contributed by atoms with E-state index in [1.165, 1.54) is 32.4 Å². The quantitative estimate of drug-likeness (QED) is 0.628. The van der Waals surface area contributed by atoms with Gasteiger partial charge in [0.1, 0.15) is 0 Å². The van der Waals surface area contributed by atoms with Crippen molar-refractivity contribution >= 4 is 0 Å². The van der Waals surface area contributed by atoms with Gasteiger partial charge in [0, 0.05) is 12.6 Å². The van der Waals surface area contributed by atoms with Crippen molar-refractivity contribution in [3.05, 3.63) is 0 Å². The second kappa shape index (κ2) is 3.78. The van der Waals surface area contributed by atoms with Crippen molar-refractivity contribution in [1.29, 1.82) is 0 Å². The van der Waals surface area contributed by atoms with Gasteiger partial charge >= 0.3 is 0 Å². The van der Waals surface area contributed by atoms with Crippen molar-refractivity contribution in [2.45, 2.75) is 53.0 Å². The van der Waals surface area contributed by atoms with Gasteiger partial charge in [-0.1, -0.05) is 20.8 Å². The highest BCUT2D eigenvalue weighted by Gasteiger charge is 2.33. The lowest BCUT2D eigenvalue weighted by atomic mass is 9.87. The predicted molar refractivity (Wildman–Crippen MR) is 54.3 cm³/mol. The van der Waals surface area contributed by atoms with E-state index in [0.717, 1.165) is 6.04 Å². The van der Waals surface area contributed by atoms with E-state index in [9.17, 15) is 0 Å². The summed E-state index contributed by atoms with van der Waals surface area (Å²) in [6.07, 6.45) is 4.02. The van der Waals surface area contributed by atoms with E-state index >= 15 is 0 Å². The lowest BCUT2D eigenvalue weighted by Crippen LogP contribution is -2.32. The topological polar surface area (TPSA) is 3.24 Å². The van der Waals surface area contributed by atoms with Crippen molar-refractivity contribution < 1.29 is 0 Å². The molecule has 1 rings (SSSR count). The predicted octanol–water partition coefficient (Wildman–Crippen LogP) is 2.91. The molecule has 0 aromatic heterocycles. The van der Waals surface area contributed by atoms with Crippen LogP contribution in [0.25, 0.3) is 0 Å². The highest BCUT2D eigenvalue weighted by molar-refractivity contribution is 4.87. The van der Waals surface area contributed by atoms with Crippen molar-refractivity contribution in [1.82, 2.24) is 4.90 Å². The first-order chi connectivity index (χ1) is 5.61. The molecule has 1 aliphatic rings. The Morgan fingerprint density at radius 1 is 1.42 bits per heavy atom. The van der Waals surface area contributed by atoms with E-state index in [4.69, 9.17) is 0 Å². The monoisotopic (exact) mass is 169 g/mol. The van der Waals surface area contributed by atoms with Crippen LogP contribution in [0.4, 0.5) is 0 Å². The van der Waals surface area contributed by atoms with Gasteiger partial charge in [0.25, 0.3) is 0 Å². The molecule has 1 heterocycles. The molecule has 72 valence electrons. The molecule has 0 aromatic rings. The van der Waals surface area contributed by atoms with Crippen LogP contribution in [0, 0.1) is 5.41 Å². The maximum Gasteiger partial charge on any atom is 0.00645 e. The van der Waals surface area contributed by atoms with E-state index in [1.54, 1.807) is 0 Å². The summed E-state index contributed by atoms with van der Waals surface area (Å²) in [5, 5.41) is 0. The maximum atomic E-state index is 2.64. The smallest absolute Gasteiger partial charge is 0.00645 e. The number of likely N-dealkylation sites (tertiary alicyclic amines) is 1. The van der Waals surface area contributed by atoms with Gasteiger partial charge in [0.15, 0.2) is 0 Å². The van der Waals surface area contributed by atoms with Crippen LogP contribution >= 0.6 is 0 Å². The number of nitrogens with zero attached hydrogens (tertiary/aromatic N) is 1. The van der Waals surface area contributed by atoms with Crippen molar-refractivity contribution in [2.24, 2.45) is 5.41 Å². The fourth-order valence-corrected chi connectivity index (χ4v) is 1.98. The second-order valence-electron chi connectivity index (χ2n) is 4.64. The zero-order chi connectivity index (χ0) is 9.19. The highest BCUT2D eigenvalue weighted by atomic mass is 15.2. The van der Waals surface area contributed by atoms with E-state index in [2.05, 4.69) is 32.6 Å². The first-order valence-electron chi connectivity index (χ1n) is 5.35. The molecule has 0 N–H and O–H groups in total. The standard InChI is InChI=1S/C11H23N/c1-5-10(3)12-8-7-11(4,6-2)9-12/h10H,5-9H2,1-4H3. The highest BCUT2D eigenvalue weighted by Crippen LogP contribution is 2.34. The first kappa shape index (κ1) is 10.0. The molecule has 2 atom stereocenters. The summed E-state index contributed by atoms with van der Waals surface area (Å²) in [5.41, 5.74) is 0.615. The summed E-state index contributed by atoms with van der Waals surface area (Å²) in [6.45, 7) is 12.0. The largest absolute Gasteiger partial charge is 0.300 e. The third kappa shape index (κ3) is 2.01. The fourth-order valence-electron chi connectivity index (χ4n) is 1.98. The van der Waals surface area contributed by atoms with Crippen LogP contribution < -0.4 is 0 Å². The normalized spacial score (nSPS) is 34.0. The number of hydrogen-bond donors (Lipinski definition) is 0. The van der Waals surface area contributed by atoms with Gasteiger partial charge in [-0.3, -0.25) is 0 Å². The lowest BCUT2D eigenvalue weighted by Gasteiger charge is -2.26. The van der Waals surface area contributed by atoms with Crippen LogP contribution in [-0.2, 0) is 0 Å². The SMILES string of the molecule is CCC(C)N1CCC(C)(CC)C1. The fraction of sp³-hybridized carbons (Fsp3) is 1.00. The molecular formula is C11H23N. The van der Waals surface area contributed by atoms with Crippen LogP contribution in [0.1, 0.15) is 47.0 Å². The summed E-state index contributed by atoms with van der Waals surface area (Å²) in [5.74, 6) is 0. The van der Waals surface area contributed by atoms with Crippen LogP contribution in [0.3, 0.4) is 0 Å². The molecule has 0 amide bonds. The minimum absolute atomic E-state index is 0.615. The maximum absolute atomic E-state index is 2.64. The molecule has 1 nitrogen and oxygen atoms in total. The Labute approximate surface area is 77.1 Å². The van der Waals surface area contributed by atoms with Gasteiger partial charge in [-0.25, -0.2) is 0 Å². The van der Waals surface area contributed by atoms with Crippen molar-refractivity contribution in [3.8, 4) is 0 Å². The molecule has 0 radical (unpaired) electrons. The number of rotatable bonds is 3. The van der Waals surface area contributed by atoms with Crippen LogP contribution in [0.5, 0.6) is 0 Å². The van der Waals surface area contributed by atoms with Crippen molar-refractivity contribution in [2.75, 3.05) is 13.1 Å². The summed E-state index contributed by atoms with van der Waals surface area (Å²) >= 11 is 0. The first-order valence-corrected chi connectivity index (χ1v) is 5.35. The van der Waals surface area contributed by atoms with Crippen LogP contribution in [0.15, 0.2) is 0 Å². The molecule has 2 unspecified atom stereocenters. The summed E-state index contributed by atoms with van der Waals surface area (Å²) < 4.78 is 0. The van der Waals surface area contributed by atoms with E-state index < -0.39 is 0 Å². The van der Waals surface area contributed by atoms with Crippen molar-refractivity contribution in [3.63, 3.8) is 0 Å². The van der Waals surface area contributed by atoms with Gasteiger partial charge in [0.05, 0.1) is 0 Å². The molecule has 1 saturated heterocycles. The average molecular weight is 169 g/mol. The van der Waals surface area contributed by atoms with Crippen LogP contribution in [0.2, 0.25) is 0 Å². The minimum atomic E-state index is 0.615. The third-order valence-electron chi connectivity index (χ3n) is 3.66. The van der Waals surface area contributed by atoms with Gasteiger partial charge in [-0.2, -0.15) is 0 Å². The summed E-state index contributed by atoms with van der Waals surface area (Å²) in [4.78, 5) is 2.64. The Bertz CT molecular complexity index is 144. The Kier molecular flexibility index (Phi) is 3.16. The molecule has 0 saturated carbocycles. The van der Waals surface area contributed by atoms with Gasteiger partial charge < -0.3 is 4.90 Å². The third-order valence-corrected chi connectivity index (χ3v) is 3.66. The molecule has 0 aromatic carbocycles. The average Bonchev–Trinajstić information content (AvgIpc) is 2.48. The molecule has 1 aliphatic heterocycles. The summed E-state index contributed by atoms with van der Waals surface area (Å²) in [6, 6.07) is 0.790. The molecule has 0 aliphatic carbocycles. The Balaban J connectivity index is 2.45. The minimum Gasteiger partial charge on any atom is -0.300 e. The second-order valence-corrected chi connectivity index (χ2v) is 4.64. The zero-order valence-corrected chi connectivity index (χ0v) is 9.06. The zero-order valence-electron chi connectivity index (χ0n) is 9.06. The molecule has 0 spiro atoms. The van der Waals surface area contributed by atoms with Gasteiger partial charge in [-0.05, 0) is 38.1 Å². The van der Waals surface area contributed by atoms with Gasteiger partial charge in [-0.15, -0.1) is 0 Å². The molecule has 0 bridgehead atoms. The molecule has 12 heavy (non-hydrogen) atoms. The van der Waals surface area contributed by atoms with Crippen LogP contribution in [-0.4, -0.2) is 24.0 Å².